The molecule has 0 saturated carbocycles. The van der Waals surface area contributed by atoms with Crippen LogP contribution in [0.3, 0.4) is 0 Å². The van der Waals surface area contributed by atoms with Gasteiger partial charge in [0.25, 0.3) is 7.82 Å². The maximum atomic E-state index is 12.6. The number of quaternary nitrogens is 1. The van der Waals surface area contributed by atoms with Gasteiger partial charge in [-0.25, -0.2) is 0 Å². The lowest BCUT2D eigenvalue weighted by molar-refractivity contribution is -0.870. The third-order valence-electron chi connectivity index (χ3n) is 8.72. The molecule has 10 heteroatoms. The van der Waals surface area contributed by atoms with Crippen molar-refractivity contribution in [1.82, 2.24) is 0 Å². The second-order valence-corrected chi connectivity index (χ2v) is 16.7. The highest BCUT2D eigenvalue weighted by atomic mass is 31.2. The summed E-state index contributed by atoms with van der Waals surface area (Å²) >= 11 is 0. The van der Waals surface area contributed by atoms with E-state index in [-0.39, 0.29) is 26.2 Å². The van der Waals surface area contributed by atoms with Gasteiger partial charge in [0.1, 0.15) is 19.8 Å². The minimum atomic E-state index is -4.57. The van der Waals surface area contributed by atoms with Gasteiger partial charge in [-0.2, -0.15) is 0 Å². The third-order valence-corrected chi connectivity index (χ3v) is 9.68. The van der Waals surface area contributed by atoms with Crippen molar-refractivity contribution in [2.45, 2.75) is 167 Å². The fraction of sp³-hybridized carbons (Fsp3) is 0.750. The molecule has 0 aromatic rings. The molecule has 3 atom stereocenters. The summed E-state index contributed by atoms with van der Waals surface area (Å²) in [5.74, 6) is -0.438. The first-order valence-corrected chi connectivity index (χ1v) is 22.6. The summed E-state index contributed by atoms with van der Waals surface area (Å²) < 4.78 is 34.2. The van der Waals surface area contributed by atoms with Gasteiger partial charge in [-0.3, -0.25) is 9.36 Å². The fourth-order valence-electron chi connectivity index (χ4n) is 5.35. The van der Waals surface area contributed by atoms with Crippen LogP contribution in [0.1, 0.15) is 155 Å². The standard InChI is InChI=1S/C44H80NO8P/c1-6-8-10-12-14-15-16-17-18-19-22-25-29-33-38-50-40-43(41-52-54(48,49)51-39-37-45(3,4)5)53-44(47)36-32-28-24-21-20-23-27-31-35-42(46)34-30-26-13-11-9-7-2/h21,23-24,26-27,30-31,33,35,38,42-43,46H,6-20,22,25,28-29,32,34,36-37,39-41H2,1-5H3/b24-21-,27-23-,30-26-,35-31+,38-33-. The highest BCUT2D eigenvalue weighted by Gasteiger charge is 2.20. The maximum Gasteiger partial charge on any atom is 0.306 e. The smallest absolute Gasteiger partial charge is 0.306 e. The molecule has 0 spiro atoms. The molecule has 0 aliphatic carbocycles. The molecule has 0 fully saturated rings. The van der Waals surface area contributed by atoms with Crippen LogP contribution in [0, 0.1) is 0 Å². The van der Waals surface area contributed by atoms with E-state index in [4.69, 9.17) is 18.5 Å². The normalized spacial score (nSPS) is 14.9. The molecule has 3 unspecified atom stereocenters. The number of phosphoric acid groups is 1. The van der Waals surface area contributed by atoms with Crippen LogP contribution in [0.15, 0.2) is 60.9 Å². The van der Waals surface area contributed by atoms with E-state index in [1.165, 1.54) is 89.9 Å². The monoisotopic (exact) mass is 782 g/mol. The Morgan fingerprint density at radius 2 is 1.28 bits per heavy atom. The number of carbonyl (C=O) groups is 1. The van der Waals surface area contributed by atoms with Crippen molar-refractivity contribution >= 4 is 13.8 Å². The van der Waals surface area contributed by atoms with E-state index in [0.717, 1.165) is 25.7 Å². The van der Waals surface area contributed by atoms with E-state index >= 15 is 0 Å². The molecule has 0 rings (SSSR count). The van der Waals surface area contributed by atoms with Crippen LogP contribution in [-0.4, -0.2) is 75.3 Å². The zero-order valence-corrected chi connectivity index (χ0v) is 35.9. The lowest BCUT2D eigenvalue weighted by atomic mass is 10.0. The van der Waals surface area contributed by atoms with Crippen molar-refractivity contribution < 1.29 is 42.4 Å². The Morgan fingerprint density at radius 1 is 0.704 bits per heavy atom. The molecule has 0 saturated heterocycles. The van der Waals surface area contributed by atoms with E-state index in [0.29, 0.717) is 30.3 Å². The molecule has 1 N–H and O–H groups in total. The van der Waals surface area contributed by atoms with Gasteiger partial charge >= 0.3 is 5.97 Å². The van der Waals surface area contributed by atoms with Crippen LogP contribution in [0.2, 0.25) is 0 Å². The van der Waals surface area contributed by atoms with Crippen LogP contribution in [-0.2, 0) is 27.9 Å². The number of esters is 1. The molecule has 0 radical (unpaired) electrons. The number of ether oxygens (including phenoxy) is 2. The van der Waals surface area contributed by atoms with E-state index in [2.05, 4.69) is 19.9 Å². The second-order valence-electron chi connectivity index (χ2n) is 15.3. The van der Waals surface area contributed by atoms with E-state index < -0.39 is 26.0 Å². The van der Waals surface area contributed by atoms with Crippen LogP contribution in [0.4, 0.5) is 0 Å². The van der Waals surface area contributed by atoms with Crippen molar-refractivity contribution in [3.63, 3.8) is 0 Å². The van der Waals surface area contributed by atoms with Gasteiger partial charge in [0, 0.05) is 6.42 Å². The van der Waals surface area contributed by atoms with Crippen LogP contribution in [0.25, 0.3) is 0 Å². The quantitative estimate of drug-likeness (QED) is 0.0125. The zero-order chi connectivity index (χ0) is 40.0. The lowest BCUT2D eigenvalue weighted by Crippen LogP contribution is -2.37. The number of aliphatic hydroxyl groups is 1. The van der Waals surface area contributed by atoms with Crippen molar-refractivity contribution in [2.75, 3.05) is 47.5 Å². The molecule has 314 valence electrons. The minimum absolute atomic E-state index is 0.00659. The predicted molar refractivity (Wildman–Crippen MR) is 223 cm³/mol. The summed E-state index contributed by atoms with van der Waals surface area (Å²) in [7, 11) is 1.25. The van der Waals surface area contributed by atoms with Crippen molar-refractivity contribution in [3.05, 3.63) is 60.9 Å². The topological polar surface area (TPSA) is 114 Å². The third kappa shape index (κ3) is 39.7. The van der Waals surface area contributed by atoms with Gasteiger partial charge in [-0.05, 0) is 57.4 Å². The molecule has 0 aliphatic rings. The summed E-state index contributed by atoms with van der Waals surface area (Å²) in [6.07, 6.45) is 42.1. The second kappa shape index (κ2) is 36.6. The molecule has 0 aromatic heterocycles. The number of nitrogens with zero attached hydrogens (tertiary/aromatic N) is 1. The summed E-state index contributed by atoms with van der Waals surface area (Å²) in [4.78, 5) is 25.0. The Kier molecular flexibility index (Phi) is 35.3. The molecule has 0 bridgehead atoms. The first-order chi connectivity index (χ1) is 26.0. The lowest BCUT2D eigenvalue weighted by Gasteiger charge is -2.28. The van der Waals surface area contributed by atoms with Crippen LogP contribution < -0.4 is 4.89 Å². The molecular weight excluding hydrogens is 701 g/mol. The van der Waals surface area contributed by atoms with Gasteiger partial charge in [-0.15, -0.1) is 0 Å². The first kappa shape index (κ1) is 52.0. The maximum absolute atomic E-state index is 12.6. The number of hydrogen-bond acceptors (Lipinski definition) is 8. The summed E-state index contributed by atoms with van der Waals surface area (Å²) in [6, 6.07) is 0. The molecular formula is C44H80NO8P. The zero-order valence-electron chi connectivity index (χ0n) is 35.0. The highest BCUT2D eigenvalue weighted by molar-refractivity contribution is 7.45. The number of phosphoric ester groups is 1. The summed E-state index contributed by atoms with van der Waals surface area (Å²) in [6.45, 7) is 4.53. The number of unbranched alkanes of at least 4 members (excludes halogenated alkanes) is 16. The number of allylic oxidation sites excluding steroid dienone is 7. The first-order valence-electron chi connectivity index (χ1n) is 21.2. The molecule has 54 heavy (non-hydrogen) atoms. The van der Waals surface area contributed by atoms with E-state index in [9.17, 15) is 19.4 Å². The fourth-order valence-corrected chi connectivity index (χ4v) is 6.08. The molecule has 0 aliphatic heterocycles. The van der Waals surface area contributed by atoms with E-state index in [1.807, 2.05) is 63.7 Å². The SMILES string of the molecule is CCCCC/C=C\CC(O)/C=C/C=C\C/C=C\CCCC(=O)OC(CO/C=C\CCCCCCCCCCCCCC)COP(=O)([O-])OCC[N+](C)(C)C. The number of rotatable bonds is 38. The Bertz CT molecular complexity index is 1070. The van der Waals surface area contributed by atoms with Crippen LogP contribution >= 0.6 is 7.82 Å². The average molecular weight is 782 g/mol. The van der Waals surface area contributed by atoms with E-state index in [1.54, 1.807) is 12.3 Å². The van der Waals surface area contributed by atoms with Gasteiger partial charge < -0.3 is 33.0 Å². The van der Waals surface area contributed by atoms with Gasteiger partial charge in [0.05, 0.1) is 40.1 Å². The Morgan fingerprint density at radius 3 is 1.94 bits per heavy atom. The summed E-state index contributed by atoms with van der Waals surface area (Å²) in [5.41, 5.74) is 0. The molecule has 0 amide bonds. The number of hydrogen-bond donors (Lipinski definition) is 1. The van der Waals surface area contributed by atoms with Gasteiger partial charge in [0.15, 0.2) is 6.10 Å². The highest BCUT2D eigenvalue weighted by Crippen LogP contribution is 2.38. The molecule has 0 aromatic carbocycles. The summed E-state index contributed by atoms with van der Waals surface area (Å²) in [5, 5.41) is 10.0. The Hall–Kier alpha value is -2.00. The van der Waals surface area contributed by atoms with Crippen LogP contribution in [0.5, 0.6) is 0 Å². The van der Waals surface area contributed by atoms with Crippen molar-refractivity contribution in [3.8, 4) is 0 Å². The van der Waals surface area contributed by atoms with Gasteiger partial charge in [-0.1, -0.05) is 146 Å². The predicted octanol–water partition coefficient (Wildman–Crippen LogP) is 10.8. The van der Waals surface area contributed by atoms with Crippen molar-refractivity contribution in [1.29, 1.82) is 0 Å². The average Bonchev–Trinajstić information content (AvgIpc) is 3.11. The number of aliphatic hydroxyl groups excluding tert-OH is 1. The van der Waals surface area contributed by atoms with Crippen molar-refractivity contribution in [2.24, 2.45) is 0 Å². The van der Waals surface area contributed by atoms with Gasteiger partial charge in [0.2, 0.25) is 0 Å². The Labute approximate surface area is 331 Å². The minimum Gasteiger partial charge on any atom is -0.756 e. The molecule has 0 heterocycles. The number of likely N-dealkylation sites (N-methyl/N-ethyl adjacent to an activating group) is 1. The largest absolute Gasteiger partial charge is 0.756 e. The Balaban J connectivity index is 4.50. The molecule has 9 nitrogen and oxygen atoms in total. The number of carbonyl (C=O) groups excluding carboxylic acids is 1.